The van der Waals surface area contributed by atoms with E-state index in [1.165, 1.54) is 5.56 Å². The highest BCUT2D eigenvalue weighted by atomic mass is 35.5. The number of ether oxygens (including phenoxy) is 1. The molecule has 0 spiro atoms. The minimum absolute atomic E-state index is 0.375. The van der Waals surface area contributed by atoms with Crippen LogP contribution in [0, 0.1) is 0 Å². The van der Waals surface area contributed by atoms with E-state index in [9.17, 15) is 0 Å². The first kappa shape index (κ1) is 13.5. The summed E-state index contributed by atoms with van der Waals surface area (Å²) in [6, 6.07) is 8.37. The summed E-state index contributed by atoms with van der Waals surface area (Å²) >= 11 is 5.84. The largest absolute Gasteiger partial charge is 0.385 e. The first-order valence-electron chi connectivity index (χ1n) is 5.72. The summed E-state index contributed by atoms with van der Waals surface area (Å²) < 4.78 is 5.00. The third kappa shape index (κ3) is 4.97. The van der Waals surface area contributed by atoms with Gasteiger partial charge in [-0.3, -0.25) is 0 Å². The highest BCUT2D eigenvalue weighted by molar-refractivity contribution is 6.30. The van der Waals surface area contributed by atoms with Crippen LogP contribution in [0.5, 0.6) is 0 Å². The highest BCUT2D eigenvalue weighted by Crippen LogP contribution is 2.15. The lowest BCUT2D eigenvalue weighted by Crippen LogP contribution is -2.20. The van der Waals surface area contributed by atoms with E-state index in [2.05, 4.69) is 24.4 Å². The van der Waals surface area contributed by atoms with Gasteiger partial charge in [-0.2, -0.15) is 0 Å². The summed E-state index contributed by atoms with van der Waals surface area (Å²) in [5.41, 5.74) is 1.27. The van der Waals surface area contributed by atoms with Crippen LogP contribution in [0.25, 0.3) is 0 Å². The van der Waals surface area contributed by atoms with Gasteiger partial charge in [0.05, 0.1) is 0 Å². The van der Waals surface area contributed by atoms with E-state index in [0.29, 0.717) is 6.04 Å². The highest BCUT2D eigenvalue weighted by Gasteiger charge is 2.03. The molecule has 0 aliphatic heterocycles. The van der Waals surface area contributed by atoms with Gasteiger partial charge in [0, 0.05) is 24.8 Å². The molecule has 2 nitrogen and oxygen atoms in total. The van der Waals surface area contributed by atoms with E-state index in [1.807, 2.05) is 12.1 Å². The Morgan fingerprint density at radius 2 is 1.94 bits per heavy atom. The fraction of sp³-hybridized carbons (Fsp3) is 0.538. The second kappa shape index (κ2) is 7.66. The van der Waals surface area contributed by atoms with Crippen molar-refractivity contribution in [1.29, 1.82) is 0 Å². The van der Waals surface area contributed by atoms with E-state index < -0.39 is 0 Å². The summed E-state index contributed by atoms with van der Waals surface area (Å²) in [4.78, 5) is 0. The number of halogens is 1. The Kier molecular flexibility index (Phi) is 6.46. The molecule has 0 fully saturated rings. The van der Waals surface area contributed by atoms with E-state index in [4.69, 9.17) is 16.3 Å². The lowest BCUT2D eigenvalue weighted by molar-refractivity contribution is 0.192. The first-order valence-corrected chi connectivity index (χ1v) is 6.09. The van der Waals surface area contributed by atoms with Gasteiger partial charge in [-0.25, -0.2) is 0 Å². The lowest BCUT2D eigenvalue weighted by atomic mass is 10.1. The summed E-state index contributed by atoms with van der Waals surface area (Å²) in [7, 11) is 1.74. The molecule has 16 heavy (non-hydrogen) atoms. The fourth-order valence-electron chi connectivity index (χ4n) is 1.56. The minimum Gasteiger partial charge on any atom is -0.385 e. The Bertz CT molecular complexity index is 286. The molecule has 1 N–H and O–H groups in total. The van der Waals surface area contributed by atoms with Crippen LogP contribution in [-0.4, -0.2) is 20.3 Å². The molecule has 1 atom stereocenters. The Hall–Kier alpha value is -0.570. The SMILES string of the molecule is COCCCCN[C@H](C)c1ccc(Cl)cc1. The van der Waals surface area contributed by atoms with Crippen LogP contribution in [0.15, 0.2) is 24.3 Å². The van der Waals surface area contributed by atoms with Crippen molar-refractivity contribution in [3.8, 4) is 0 Å². The monoisotopic (exact) mass is 241 g/mol. The number of nitrogens with one attached hydrogen (secondary N) is 1. The number of methoxy groups -OCH3 is 1. The zero-order valence-corrected chi connectivity index (χ0v) is 10.8. The fourth-order valence-corrected chi connectivity index (χ4v) is 1.69. The van der Waals surface area contributed by atoms with Crippen molar-refractivity contribution in [3.63, 3.8) is 0 Å². The second-order valence-electron chi connectivity index (χ2n) is 3.93. The van der Waals surface area contributed by atoms with Crippen LogP contribution in [0.1, 0.15) is 31.4 Å². The number of hydrogen-bond donors (Lipinski definition) is 1. The normalized spacial score (nSPS) is 12.7. The molecule has 3 heteroatoms. The number of hydrogen-bond acceptors (Lipinski definition) is 2. The number of rotatable bonds is 7. The predicted octanol–water partition coefficient (Wildman–Crippen LogP) is 3.42. The third-order valence-electron chi connectivity index (χ3n) is 2.60. The molecular formula is C13H20ClNO. The van der Waals surface area contributed by atoms with Gasteiger partial charge in [0.2, 0.25) is 0 Å². The van der Waals surface area contributed by atoms with Crippen LogP contribution in [0.3, 0.4) is 0 Å². The molecule has 1 aromatic carbocycles. The van der Waals surface area contributed by atoms with Crippen molar-refractivity contribution in [3.05, 3.63) is 34.9 Å². The van der Waals surface area contributed by atoms with Crippen molar-refractivity contribution in [1.82, 2.24) is 5.32 Å². The zero-order chi connectivity index (χ0) is 11.8. The van der Waals surface area contributed by atoms with Crippen LogP contribution in [-0.2, 0) is 4.74 Å². The average Bonchev–Trinajstić information content (AvgIpc) is 2.29. The topological polar surface area (TPSA) is 21.3 Å². The molecule has 0 aliphatic carbocycles. The van der Waals surface area contributed by atoms with Crippen molar-refractivity contribution in [2.45, 2.75) is 25.8 Å². The van der Waals surface area contributed by atoms with Crippen molar-refractivity contribution < 1.29 is 4.74 Å². The zero-order valence-electron chi connectivity index (χ0n) is 10.0. The van der Waals surface area contributed by atoms with Gasteiger partial charge in [0.1, 0.15) is 0 Å². The molecular weight excluding hydrogens is 222 g/mol. The summed E-state index contributed by atoms with van der Waals surface area (Å²) in [5, 5.41) is 4.27. The molecule has 0 aliphatic rings. The Morgan fingerprint density at radius 3 is 2.56 bits per heavy atom. The molecule has 0 saturated carbocycles. The van der Waals surface area contributed by atoms with Crippen LogP contribution >= 0.6 is 11.6 Å². The van der Waals surface area contributed by atoms with Gasteiger partial charge in [-0.05, 0) is 44.0 Å². The van der Waals surface area contributed by atoms with Crippen molar-refractivity contribution in [2.24, 2.45) is 0 Å². The summed E-state index contributed by atoms with van der Waals surface area (Å²) in [6.45, 7) is 4.03. The van der Waals surface area contributed by atoms with Gasteiger partial charge in [0.25, 0.3) is 0 Å². The first-order chi connectivity index (χ1) is 7.74. The van der Waals surface area contributed by atoms with Gasteiger partial charge >= 0.3 is 0 Å². The van der Waals surface area contributed by atoms with Gasteiger partial charge in [0.15, 0.2) is 0 Å². The lowest BCUT2D eigenvalue weighted by Gasteiger charge is -2.14. The average molecular weight is 242 g/mol. The quantitative estimate of drug-likeness (QED) is 0.739. The van der Waals surface area contributed by atoms with Crippen LogP contribution < -0.4 is 5.32 Å². The number of benzene rings is 1. The molecule has 0 aromatic heterocycles. The van der Waals surface area contributed by atoms with Crippen molar-refractivity contribution in [2.75, 3.05) is 20.3 Å². The third-order valence-corrected chi connectivity index (χ3v) is 2.85. The summed E-state index contributed by atoms with van der Waals surface area (Å²) in [6.07, 6.45) is 2.25. The standard InChI is InChI=1S/C13H20ClNO/c1-11(15-9-3-4-10-16-2)12-5-7-13(14)8-6-12/h5-8,11,15H,3-4,9-10H2,1-2H3/t11-/m1/s1. The molecule has 90 valence electrons. The second-order valence-corrected chi connectivity index (χ2v) is 4.36. The molecule has 0 unspecified atom stereocenters. The predicted molar refractivity (Wildman–Crippen MR) is 69.0 cm³/mol. The van der Waals surface area contributed by atoms with Gasteiger partial charge < -0.3 is 10.1 Å². The maximum atomic E-state index is 5.84. The smallest absolute Gasteiger partial charge is 0.0462 e. The van der Waals surface area contributed by atoms with E-state index in [-0.39, 0.29) is 0 Å². The molecule has 1 rings (SSSR count). The molecule has 0 amide bonds. The van der Waals surface area contributed by atoms with Crippen LogP contribution in [0.4, 0.5) is 0 Å². The number of unbranched alkanes of at least 4 members (excludes halogenated alkanes) is 1. The Labute approximate surface area is 103 Å². The molecule has 0 heterocycles. The van der Waals surface area contributed by atoms with Gasteiger partial charge in [-0.1, -0.05) is 23.7 Å². The molecule has 0 bridgehead atoms. The minimum atomic E-state index is 0.375. The van der Waals surface area contributed by atoms with Gasteiger partial charge in [-0.15, -0.1) is 0 Å². The molecule has 0 saturated heterocycles. The van der Waals surface area contributed by atoms with E-state index in [0.717, 1.165) is 31.0 Å². The Balaban J connectivity index is 2.24. The van der Waals surface area contributed by atoms with Crippen molar-refractivity contribution >= 4 is 11.6 Å². The van der Waals surface area contributed by atoms with Crippen LogP contribution in [0.2, 0.25) is 5.02 Å². The maximum Gasteiger partial charge on any atom is 0.0462 e. The molecule has 1 aromatic rings. The Morgan fingerprint density at radius 1 is 1.25 bits per heavy atom. The summed E-state index contributed by atoms with van der Waals surface area (Å²) in [5.74, 6) is 0. The van der Waals surface area contributed by atoms with E-state index in [1.54, 1.807) is 7.11 Å². The van der Waals surface area contributed by atoms with E-state index >= 15 is 0 Å². The maximum absolute atomic E-state index is 5.84. The molecule has 0 radical (unpaired) electrons.